The van der Waals surface area contributed by atoms with Crippen molar-refractivity contribution in [2.45, 2.75) is 6.42 Å². The maximum absolute atomic E-state index is 13.4. The van der Waals surface area contributed by atoms with Crippen LogP contribution in [0, 0.1) is 11.6 Å². The Kier molecular flexibility index (Phi) is 3.65. The van der Waals surface area contributed by atoms with Crippen LogP contribution in [-0.4, -0.2) is 15.8 Å². The molecule has 2 aromatic heterocycles. The van der Waals surface area contributed by atoms with Crippen molar-refractivity contribution in [3.63, 3.8) is 0 Å². The Balaban J connectivity index is 2.25. The maximum atomic E-state index is 13.4. The molecule has 3 rings (SSSR count). The molecule has 0 fully saturated rings. The summed E-state index contributed by atoms with van der Waals surface area (Å²) in [4.78, 5) is 23.3. The molecule has 0 unspecified atom stereocenters. The molecule has 0 aliphatic heterocycles. The van der Waals surface area contributed by atoms with Gasteiger partial charge in [-0.1, -0.05) is 12.1 Å². The van der Waals surface area contributed by atoms with Crippen LogP contribution >= 0.6 is 0 Å². The molecule has 6 heteroatoms. The average molecular weight is 315 g/mol. The van der Waals surface area contributed by atoms with Crippen molar-refractivity contribution >= 4 is 11.8 Å². The van der Waals surface area contributed by atoms with Gasteiger partial charge in [-0.2, -0.15) is 0 Å². The van der Waals surface area contributed by atoms with E-state index in [-0.39, 0.29) is 18.3 Å². The second-order valence-electron chi connectivity index (χ2n) is 5.04. The fourth-order valence-electron chi connectivity index (χ4n) is 2.52. The third-order valence-corrected chi connectivity index (χ3v) is 3.64. The summed E-state index contributed by atoms with van der Waals surface area (Å²) in [6.07, 6.45) is 1.79. The van der Waals surface area contributed by atoms with Crippen molar-refractivity contribution in [1.29, 1.82) is 0 Å². The minimum Gasteiger partial charge on any atom is -0.507 e. The smallest absolute Gasteiger partial charge is 0.269 e. The standard InChI is InChI=1S/C17H11F2NO3/c18-13-5-4-10(8-14(13)19)7-11-15-3-1-2-6-20(15)17(23)12(9-21)16(11)22/h1-6,8-9,22H,7H2. The zero-order chi connectivity index (χ0) is 16.6. The van der Waals surface area contributed by atoms with Gasteiger partial charge in [0.1, 0.15) is 11.3 Å². The van der Waals surface area contributed by atoms with E-state index in [4.69, 9.17) is 0 Å². The van der Waals surface area contributed by atoms with E-state index in [2.05, 4.69) is 0 Å². The number of carbonyl (C=O) groups is 1. The number of fused-ring (bicyclic) bond motifs is 1. The fraction of sp³-hybridized carbons (Fsp3) is 0.0588. The summed E-state index contributed by atoms with van der Waals surface area (Å²) in [5.41, 5.74) is 0.0810. The van der Waals surface area contributed by atoms with Crippen LogP contribution in [0.5, 0.6) is 5.75 Å². The summed E-state index contributed by atoms with van der Waals surface area (Å²) >= 11 is 0. The van der Waals surface area contributed by atoms with Crippen LogP contribution in [-0.2, 0) is 6.42 Å². The number of pyridine rings is 2. The molecular formula is C17H11F2NO3. The first-order chi connectivity index (χ1) is 11.0. The Labute approximate surface area is 129 Å². The third-order valence-electron chi connectivity index (χ3n) is 3.64. The molecule has 116 valence electrons. The van der Waals surface area contributed by atoms with Gasteiger partial charge in [-0.25, -0.2) is 8.78 Å². The van der Waals surface area contributed by atoms with Crippen LogP contribution in [0.25, 0.3) is 5.52 Å². The summed E-state index contributed by atoms with van der Waals surface area (Å²) in [6.45, 7) is 0. The van der Waals surface area contributed by atoms with Crippen LogP contribution < -0.4 is 5.56 Å². The zero-order valence-electron chi connectivity index (χ0n) is 11.8. The number of aromatic hydroxyl groups is 1. The van der Waals surface area contributed by atoms with E-state index in [1.165, 1.54) is 16.7 Å². The minimum absolute atomic E-state index is 0.0394. The summed E-state index contributed by atoms with van der Waals surface area (Å²) < 4.78 is 27.6. The van der Waals surface area contributed by atoms with E-state index in [1.807, 2.05) is 0 Å². The molecule has 3 aromatic rings. The second kappa shape index (κ2) is 5.64. The largest absolute Gasteiger partial charge is 0.507 e. The molecule has 0 spiro atoms. The predicted octanol–water partition coefficient (Wildman–Crippen LogP) is 2.69. The van der Waals surface area contributed by atoms with Crippen LogP contribution in [0.2, 0.25) is 0 Å². The Bertz CT molecular complexity index is 979. The molecule has 1 N–H and O–H groups in total. The second-order valence-corrected chi connectivity index (χ2v) is 5.04. The quantitative estimate of drug-likeness (QED) is 0.756. The van der Waals surface area contributed by atoms with Crippen LogP contribution in [0.4, 0.5) is 8.78 Å². The SMILES string of the molecule is O=Cc1c(O)c(Cc2ccc(F)c(F)c2)c2ccccn2c1=O. The highest BCUT2D eigenvalue weighted by Gasteiger charge is 2.17. The normalized spacial score (nSPS) is 10.9. The monoisotopic (exact) mass is 315 g/mol. The Morgan fingerprint density at radius 1 is 1.13 bits per heavy atom. The summed E-state index contributed by atoms with van der Waals surface area (Å²) in [6, 6.07) is 8.26. The van der Waals surface area contributed by atoms with E-state index in [0.29, 0.717) is 16.6 Å². The van der Waals surface area contributed by atoms with E-state index in [0.717, 1.165) is 12.1 Å². The van der Waals surface area contributed by atoms with Gasteiger partial charge < -0.3 is 5.11 Å². The first-order valence-electron chi connectivity index (χ1n) is 6.77. The lowest BCUT2D eigenvalue weighted by Gasteiger charge is -2.12. The van der Waals surface area contributed by atoms with Gasteiger partial charge in [0.25, 0.3) is 5.56 Å². The lowest BCUT2D eigenvalue weighted by molar-refractivity contribution is 0.111. The van der Waals surface area contributed by atoms with E-state index in [1.54, 1.807) is 18.2 Å². The van der Waals surface area contributed by atoms with Crippen molar-refractivity contribution < 1.29 is 18.7 Å². The first kappa shape index (κ1) is 14.9. The number of carbonyl (C=O) groups excluding carboxylic acids is 1. The minimum atomic E-state index is -1.00. The van der Waals surface area contributed by atoms with Gasteiger partial charge in [0.2, 0.25) is 0 Å². The van der Waals surface area contributed by atoms with Gasteiger partial charge >= 0.3 is 0 Å². The number of aldehydes is 1. The predicted molar refractivity (Wildman–Crippen MR) is 79.9 cm³/mol. The molecule has 0 saturated carbocycles. The highest BCUT2D eigenvalue weighted by Crippen LogP contribution is 2.26. The van der Waals surface area contributed by atoms with E-state index < -0.39 is 22.9 Å². The zero-order valence-corrected chi connectivity index (χ0v) is 11.8. The first-order valence-corrected chi connectivity index (χ1v) is 6.77. The molecule has 4 nitrogen and oxygen atoms in total. The van der Waals surface area contributed by atoms with Gasteiger partial charge in [-0.15, -0.1) is 0 Å². The molecule has 0 bridgehead atoms. The Morgan fingerprint density at radius 2 is 1.91 bits per heavy atom. The van der Waals surface area contributed by atoms with Gasteiger partial charge in [-0.3, -0.25) is 14.0 Å². The van der Waals surface area contributed by atoms with Crippen molar-refractivity contribution in [1.82, 2.24) is 4.40 Å². The molecule has 2 heterocycles. The summed E-state index contributed by atoms with van der Waals surface area (Å²) in [5, 5.41) is 10.2. The van der Waals surface area contributed by atoms with E-state index >= 15 is 0 Å². The van der Waals surface area contributed by atoms with E-state index in [9.17, 15) is 23.5 Å². The van der Waals surface area contributed by atoms with Crippen molar-refractivity contribution in [3.8, 4) is 5.75 Å². The molecular weight excluding hydrogens is 304 g/mol. The number of aromatic nitrogens is 1. The number of halogens is 2. The van der Waals surface area contributed by atoms with Gasteiger partial charge in [0.15, 0.2) is 17.9 Å². The highest BCUT2D eigenvalue weighted by molar-refractivity contribution is 5.82. The molecule has 0 radical (unpaired) electrons. The molecule has 0 aliphatic carbocycles. The fourth-order valence-corrected chi connectivity index (χ4v) is 2.52. The summed E-state index contributed by atoms with van der Waals surface area (Å²) in [7, 11) is 0. The van der Waals surface area contributed by atoms with Crippen LogP contribution in [0.3, 0.4) is 0 Å². The van der Waals surface area contributed by atoms with Crippen LogP contribution in [0.1, 0.15) is 21.5 Å². The number of hydrogen-bond acceptors (Lipinski definition) is 3. The topological polar surface area (TPSA) is 58.8 Å². The molecule has 1 aromatic carbocycles. The lowest BCUT2D eigenvalue weighted by Crippen LogP contribution is -2.19. The molecule has 23 heavy (non-hydrogen) atoms. The molecule has 0 amide bonds. The number of rotatable bonds is 3. The summed E-state index contributed by atoms with van der Waals surface area (Å²) in [5.74, 6) is -2.42. The average Bonchev–Trinajstić information content (AvgIpc) is 2.55. The van der Waals surface area contributed by atoms with Crippen molar-refractivity contribution in [2.24, 2.45) is 0 Å². The Hall–Kier alpha value is -3.02. The van der Waals surface area contributed by atoms with Crippen LogP contribution in [0.15, 0.2) is 47.4 Å². The van der Waals surface area contributed by atoms with Crippen molar-refractivity contribution in [2.75, 3.05) is 0 Å². The Morgan fingerprint density at radius 3 is 2.61 bits per heavy atom. The third kappa shape index (κ3) is 2.48. The van der Waals surface area contributed by atoms with Gasteiger partial charge in [0.05, 0.1) is 5.52 Å². The molecule has 0 atom stereocenters. The van der Waals surface area contributed by atoms with Gasteiger partial charge in [-0.05, 0) is 29.8 Å². The number of hydrogen-bond donors (Lipinski definition) is 1. The number of nitrogens with zero attached hydrogens (tertiary/aromatic N) is 1. The molecule has 0 aliphatic rings. The van der Waals surface area contributed by atoms with Gasteiger partial charge in [0, 0.05) is 18.2 Å². The highest BCUT2D eigenvalue weighted by atomic mass is 19.2. The van der Waals surface area contributed by atoms with Crippen molar-refractivity contribution in [3.05, 3.63) is 81.3 Å². The number of benzene rings is 1. The lowest BCUT2D eigenvalue weighted by atomic mass is 10.0. The molecule has 0 saturated heterocycles. The maximum Gasteiger partial charge on any atom is 0.269 e.